The zero-order chi connectivity index (χ0) is 21.7. The largest absolute Gasteiger partial charge is 0.479 e. The number of carboxylic acid groups (broad SMARTS) is 2. The molecule has 1 aromatic rings. The Morgan fingerprint density at radius 2 is 1.97 bits per heavy atom. The fourth-order valence-corrected chi connectivity index (χ4v) is 2.90. The minimum Gasteiger partial charge on any atom is -0.479 e. The minimum atomic E-state index is -1.87. The van der Waals surface area contributed by atoms with Crippen LogP contribution in [0, 0.1) is 5.92 Å². The summed E-state index contributed by atoms with van der Waals surface area (Å²) in [5, 5.41) is 27.0. The van der Waals surface area contributed by atoms with E-state index in [9.17, 15) is 24.3 Å². The Kier molecular flexibility index (Phi) is 7.23. The maximum atomic E-state index is 11.7. The second kappa shape index (κ2) is 9.43. The van der Waals surface area contributed by atoms with E-state index in [1.54, 1.807) is 13.1 Å². The lowest BCUT2D eigenvalue weighted by Gasteiger charge is -2.18. The van der Waals surface area contributed by atoms with E-state index in [0.717, 1.165) is 0 Å². The number of pyridine rings is 1. The van der Waals surface area contributed by atoms with Gasteiger partial charge in [-0.05, 0) is 6.07 Å². The quantitative estimate of drug-likeness (QED) is 0.375. The summed E-state index contributed by atoms with van der Waals surface area (Å²) < 4.78 is 17.6. The topological polar surface area (TPSA) is 161 Å². The average Bonchev–Trinajstić information content (AvgIpc) is 2.95. The van der Waals surface area contributed by atoms with Gasteiger partial charge >= 0.3 is 30.1 Å². The molecule has 2 rings (SSSR count). The summed E-state index contributed by atoms with van der Waals surface area (Å²) >= 11 is 0. The number of nitrogens with zero attached hydrogens (tertiary/aromatic N) is 1. The highest BCUT2D eigenvalue weighted by atomic mass is 16.6. The van der Waals surface area contributed by atoms with E-state index in [1.807, 2.05) is 0 Å². The zero-order valence-electron chi connectivity index (χ0n) is 15.8. The smallest absolute Gasteiger partial charge is 0.341 e. The highest BCUT2D eigenvalue weighted by molar-refractivity contribution is 5.86. The first-order chi connectivity index (χ1) is 13.6. The predicted octanol–water partition coefficient (Wildman–Crippen LogP) is -0.484. The molecule has 158 valence electrons. The van der Waals surface area contributed by atoms with Crippen LogP contribution in [0.2, 0.25) is 0 Å². The Hall–Kier alpha value is -3.05. The van der Waals surface area contributed by atoms with E-state index in [4.69, 9.17) is 24.4 Å². The maximum absolute atomic E-state index is 11.7. The fourth-order valence-electron chi connectivity index (χ4n) is 2.90. The molecule has 0 radical (unpaired) electrons. The second-order valence-electron chi connectivity index (χ2n) is 6.58. The van der Waals surface area contributed by atoms with Gasteiger partial charge in [-0.3, -0.25) is 9.59 Å². The standard InChI is InChI=1S/C18H21NO10/c1-9-13(8-27-14(22)6-12(21)18(25)26)29-16(15(9)28-10(2)20)19-5-3-4-11(7-19)17(23)24/h3-5,7,9,12-13,15-16,21H,6,8H2,1-2H3,(H-,23,24,25,26)/p+1/t9-,12+,13-,15?,16-/m1/s1. The molecule has 0 spiro atoms. The van der Waals surface area contributed by atoms with Gasteiger partial charge in [-0.25, -0.2) is 9.59 Å². The lowest BCUT2D eigenvalue weighted by atomic mass is 10.0. The van der Waals surface area contributed by atoms with E-state index in [-0.39, 0.29) is 12.2 Å². The van der Waals surface area contributed by atoms with Crippen molar-refractivity contribution in [3.8, 4) is 0 Å². The van der Waals surface area contributed by atoms with Crippen molar-refractivity contribution in [2.45, 2.75) is 44.8 Å². The van der Waals surface area contributed by atoms with E-state index in [0.29, 0.717) is 0 Å². The van der Waals surface area contributed by atoms with Crippen molar-refractivity contribution in [3.05, 3.63) is 30.1 Å². The van der Waals surface area contributed by atoms with E-state index in [1.165, 1.54) is 29.8 Å². The molecule has 11 heteroatoms. The molecule has 1 aliphatic rings. The number of esters is 2. The van der Waals surface area contributed by atoms with Gasteiger partial charge < -0.3 is 29.5 Å². The molecule has 1 aromatic heterocycles. The van der Waals surface area contributed by atoms with Gasteiger partial charge in [0.05, 0.1) is 6.42 Å². The molecule has 2 heterocycles. The van der Waals surface area contributed by atoms with Crippen molar-refractivity contribution >= 4 is 23.9 Å². The van der Waals surface area contributed by atoms with E-state index < -0.39 is 60.8 Å². The van der Waals surface area contributed by atoms with Crippen LogP contribution in [0.25, 0.3) is 0 Å². The molecule has 0 bridgehead atoms. The molecule has 1 aliphatic heterocycles. The monoisotopic (exact) mass is 412 g/mol. The second-order valence-corrected chi connectivity index (χ2v) is 6.58. The highest BCUT2D eigenvalue weighted by Crippen LogP contribution is 2.33. The molecule has 5 atom stereocenters. The number of carbonyl (C=O) groups is 4. The molecule has 0 amide bonds. The summed E-state index contributed by atoms with van der Waals surface area (Å²) in [6.07, 6.45) is -2.07. The van der Waals surface area contributed by atoms with Gasteiger partial charge in [0, 0.05) is 18.9 Å². The first kappa shape index (κ1) is 22.2. The SMILES string of the molecule is CC(=O)OC1[C@H]([n+]2cccc(C(=O)O)c2)O[C@H](COC(=O)C[C@H](O)C(=O)O)[C@H]1C. The first-order valence-electron chi connectivity index (χ1n) is 8.73. The third-order valence-electron chi connectivity index (χ3n) is 4.42. The van der Waals surface area contributed by atoms with Crippen LogP contribution in [-0.4, -0.2) is 64.1 Å². The number of aromatic carboxylic acids is 1. The van der Waals surface area contributed by atoms with Crippen LogP contribution < -0.4 is 4.57 Å². The van der Waals surface area contributed by atoms with E-state index >= 15 is 0 Å². The summed E-state index contributed by atoms with van der Waals surface area (Å²) in [6, 6.07) is 2.90. The zero-order valence-corrected chi connectivity index (χ0v) is 15.8. The summed E-state index contributed by atoms with van der Waals surface area (Å²) in [6.45, 7) is 2.67. The van der Waals surface area contributed by atoms with Crippen molar-refractivity contribution < 1.29 is 53.3 Å². The normalized spacial score (nSPS) is 24.5. The van der Waals surface area contributed by atoms with Gasteiger partial charge in [-0.1, -0.05) is 6.92 Å². The molecule has 0 aromatic carbocycles. The summed E-state index contributed by atoms with van der Waals surface area (Å²) in [5.74, 6) is -4.60. The number of aliphatic hydroxyl groups is 1. The number of aromatic nitrogens is 1. The maximum Gasteiger partial charge on any atom is 0.341 e. The molecule has 29 heavy (non-hydrogen) atoms. The van der Waals surface area contributed by atoms with Crippen LogP contribution in [0.15, 0.2) is 24.5 Å². The molecule has 1 saturated heterocycles. The Morgan fingerprint density at radius 3 is 2.55 bits per heavy atom. The lowest BCUT2D eigenvalue weighted by Crippen LogP contribution is -2.46. The van der Waals surface area contributed by atoms with E-state index in [2.05, 4.69) is 0 Å². The number of ether oxygens (including phenoxy) is 3. The molecule has 1 unspecified atom stereocenters. The molecule has 11 nitrogen and oxygen atoms in total. The van der Waals surface area contributed by atoms with Gasteiger partial charge in [0.25, 0.3) is 0 Å². The van der Waals surface area contributed by atoms with Gasteiger partial charge in [0.1, 0.15) is 18.3 Å². The Labute approximate surface area is 165 Å². The minimum absolute atomic E-state index is 0.00265. The Bertz CT molecular complexity index is 795. The summed E-state index contributed by atoms with van der Waals surface area (Å²) in [7, 11) is 0. The van der Waals surface area contributed by atoms with Gasteiger partial charge in [0.15, 0.2) is 24.6 Å². The van der Waals surface area contributed by atoms with Crippen molar-refractivity contribution in [2.24, 2.45) is 5.92 Å². The van der Waals surface area contributed by atoms with Crippen LogP contribution in [0.3, 0.4) is 0 Å². The van der Waals surface area contributed by atoms with Crippen molar-refractivity contribution in [1.29, 1.82) is 0 Å². The number of carbonyl (C=O) groups excluding carboxylic acids is 2. The van der Waals surface area contributed by atoms with Crippen LogP contribution in [0.4, 0.5) is 0 Å². The fraction of sp³-hybridized carbons (Fsp3) is 0.500. The third kappa shape index (κ3) is 5.72. The summed E-state index contributed by atoms with van der Waals surface area (Å²) in [5.41, 5.74) is 0.00265. The predicted molar refractivity (Wildman–Crippen MR) is 91.4 cm³/mol. The molecule has 0 aliphatic carbocycles. The number of aliphatic carboxylic acids is 1. The highest BCUT2D eigenvalue weighted by Gasteiger charge is 2.50. The number of aliphatic hydroxyl groups excluding tert-OH is 1. The van der Waals surface area contributed by atoms with Crippen LogP contribution in [0.1, 0.15) is 36.9 Å². The van der Waals surface area contributed by atoms with Gasteiger partial charge in [-0.2, -0.15) is 4.57 Å². The average molecular weight is 412 g/mol. The van der Waals surface area contributed by atoms with Crippen molar-refractivity contribution in [1.82, 2.24) is 0 Å². The van der Waals surface area contributed by atoms with Crippen LogP contribution >= 0.6 is 0 Å². The molecule has 0 saturated carbocycles. The van der Waals surface area contributed by atoms with Crippen LogP contribution in [0.5, 0.6) is 0 Å². The van der Waals surface area contributed by atoms with Crippen molar-refractivity contribution in [3.63, 3.8) is 0 Å². The molecule has 3 N–H and O–H groups in total. The third-order valence-corrected chi connectivity index (χ3v) is 4.42. The first-order valence-corrected chi connectivity index (χ1v) is 8.73. The van der Waals surface area contributed by atoms with Crippen molar-refractivity contribution in [2.75, 3.05) is 6.61 Å². The number of hydrogen-bond acceptors (Lipinski definition) is 8. The molecular formula is C18H22NO10+. The number of rotatable bonds is 8. The van der Waals surface area contributed by atoms with Gasteiger partial charge in [-0.15, -0.1) is 0 Å². The number of hydrogen-bond donors (Lipinski definition) is 3. The lowest BCUT2D eigenvalue weighted by molar-refractivity contribution is -0.765. The van der Waals surface area contributed by atoms with Gasteiger partial charge in [0.2, 0.25) is 0 Å². The molecule has 1 fully saturated rings. The summed E-state index contributed by atoms with van der Waals surface area (Å²) in [4.78, 5) is 45.0. The molecular weight excluding hydrogens is 390 g/mol. The number of carboxylic acids is 2. The Balaban J connectivity index is 2.13. The van der Waals surface area contributed by atoms with Crippen LogP contribution in [-0.2, 0) is 28.6 Å². The Morgan fingerprint density at radius 1 is 1.28 bits per heavy atom.